The van der Waals surface area contributed by atoms with Crippen LogP contribution in [0.5, 0.6) is 0 Å². The van der Waals surface area contributed by atoms with Crippen LogP contribution < -0.4 is 5.01 Å². The number of fused-ring (bicyclic) bond motifs is 1. The lowest BCUT2D eigenvalue weighted by atomic mass is 10.0. The molecule has 2 aliphatic rings. The van der Waals surface area contributed by atoms with Crippen LogP contribution in [-0.2, 0) is 9.53 Å². The number of anilines is 1. The quantitative estimate of drug-likeness (QED) is 0.667. The highest BCUT2D eigenvalue weighted by Gasteiger charge is 2.44. The van der Waals surface area contributed by atoms with E-state index in [1.165, 1.54) is 0 Å². The molecule has 0 amide bonds. The molecule has 2 heterocycles. The molecular formula is C12H12N2O2. The second kappa shape index (κ2) is 3.33. The molecule has 0 radical (unpaired) electrons. The molecule has 0 bridgehead atoms. The maximum absolute atomic E-state index is 11.5. The minimum absolute atomic E-state index is 0.0556. The molecule has 0 spiro atoms. The van der Waals surface area contributed by atoms with Gasteiger partial charge in [0.25, 0.3) is 0 Å². The second-order valence-electron chi connectivity index (χ2n) is 4.12. The molecule has 1 fully saturated rings. The van der Waals surface area contributed by atoms with Gasteiger partial charge in [-0.2, -0.15) is 5.10 Å². The average Bonchev–Trinajstić information content (AvgIpc) is 2.83. The lowest BCUT2D eigenvalue weighted by Gasteiger charge is -2.17. The first-order chi connectivity index (χ1) is 7.75. The molecule has 0 unspecified atom stereocenters. The van der Waals surface area contributed by atoms with Gasteiger partial charge in [-0.15, -0.1) is 0 Å². The van der Waals surface area contributed by atoms with Crippen molar-refractivity contribution in [1.29, 1.82) is 0 Å². The summed E-state index contributed by atoms with van der Waals surface area (Å²) in [5.41, 5.74) is 1.58. The van der Waals surface area contributed by atoms with Gasteiger partial charge in [-0.1, -0.05) is 18.2 Å². The van der Waals surface area contributed by atoms with E-state index in [1.807, 2.05) is 42.3 Å². The fourth-order valence-electron chi connectivity index (χ4n) is 2.16. The van der Waals surface area contributed by atoms with E-state index in [0.29, 0.717) is 5.71 Å². The Hall–Kier alpha value is -1.84. The van der Waals surface area contributed by atoms with Crippen LogP contribution in [0.15, 0.2) is 35.4 Å². The van der Waals surface area contributed by atoms with E-state index < -0.39 is 0 Å². The molecule has 16 heavy (non-hydrogen) atoms. The summed E-state index contributed by atoms with van der Waals surface area (Å²) in [6.07, 6.45) is -0.0556. The molecule has 2 atom stereocenters. The molecule has 0 saturated carbocycles. The summed E-state index contributed by atoms with van der Waals surface area (Å²) < 4.78 is 5.12. The van der Waals surface area contributed by atoms with Crippen LogP contribution in [0.3, 0.4) is 0 Å². The molecule has 4 heteroatoms. The molecule has 0 aliphatic carbocycles. The van der Waals surface area contributed by atoms with E-state index in [2.05, 4.69) is 5.10 Å². The second-order valence-corrected chi connectivity index (χ2v) is 4.12. The molecule has 0 aromatic heterocycles. The van der Waals surface area contributed by atoms with Crippen LogP contribution in [0.1, 0.15) is 6.92 Å². The number of nitrogens with zero attached hydrogens (tertiary/aromatic N) is 2. The third-order valence-electron chi connectivity index (χ3n) is 3.07. The molecule has 1 saturated heterocycles. The van der Waals surface area contributed by atoms with Crippen molar-refractivity contribution >= 4 is 17.4 Å². The Morgan fingerprint density at radius 3 is 2.81 bits per heavy atom. The summed E-state index contributed by atoms with van der Waals surface area (Å²) in [7, 11) is 0. The Morgan fingerprint density at radius 2 is 2.12 bits per heavy atom. The maximum Gasteiger partial charge on any atom is 0.355 e. The Balaban J connectivity index is 1.91. The van der Waals surface area contributed by atoms with Gasteiger partial charge < -0.3 is 4.74 Å². The summed E-state index contributed by atoms with van der Waals surface area (Å²) in [5.74, 6) is -0.149. The number of benzene rings is 1. The number of ether oxygens (including phenoxy) is 1. The standard InChI is InChI=1S/C12H12N2O2/c1-8-10-7-14(9-5-3-2-4-6-9)13-11(10)12(15)16-8/h2-6,8,10H,7H2,1H3/t8-,10+/m0/s1. The molecule has 1 aromatic carbocycles. The minimum atomic E-state index is -0.268. The van der Waals surface area contributed by atoms with Gasteiger partial charge in [-0.05, 0) is 19.1 Å². The zero-order valence-corrected chi connectivity index (χ0v) is 8.96. The van der Waals surface area contributed by atoms with Gasteiger partial charge >= 0.3 is 5.97 Å². The lowest BCUT2D eigenvalue weighted by molar-refractivity contribution is -0.136. The number of hydrogen-bond donors (Lipinski definition) is 0. The van der Waals surface area contributed by atoms with Crippen molar-refractivity contribution in [1.82, 2.24) is 0 Å². The molecular weight excluding hydrogens is 204 g/mol. The average molecular weight is 216 g/mol. The highest BCUT2D eigenvalue weighted by atomic mass is 16.6. The van der Waals surface area contributed by atoms with E-state index in [9.17, 15) is 4.79 Å². The number of carbonyl (C=O) groups excluding carboxylic acids is 1. The third kappa shape index (κ3) is 1.30. The topological polar surface area (TPSA) is 41.9 Å². The Bertz CT molecular complexity index is 455. The van der Waals surface area contributed by atoms with Crippen LogP contribution >= 0.6 is 0 Å². The van der Waals surface area contributed by atoms with Crippen molar-refractivity contribution in [2.24, 2.45) is 11.0 Å². The third-order valence-corrected chi connectivity index (χ3v) is 3.07. The molecule has 82 valence electrons. The van der Waals surface area contributed by atoms with Gasteiger partial charge in [0.2, 0.25) is 0 Å². The fourth-order valence-corrected chi connectivity index (χ4v) is 2.16. The summed E-state index contributed by atoms with van der Waals surface area (Å²) in [4.78, 5) is 11.5. The van der Waals surface area contributed by atoms with Gasteiger partial charge in [0.1, 0.15) is 6.10 Å². The number of esters is 1. The summed E-state index contributed by atoms with van der Waals surface area (Å²) in [6.45, 7) is 2.64. The monoisotopic (exact) mass is 216 g/mol. The van der Waals surface area contributed by atoms with Crippen molar-refractivity contribution in [2.75, 3.05) is 11.6 Å². The normalized spacial score (nSPS) is 27.7. The largest absolute Gasteiger partial charge is 0.457 e. The van der Waals surface area contributed by atoms with Crippen LogP contribution in [0.2, 0.25) is 0 Å². The Morgan fingerprint density at radius 1 is 1.38 bits per heavy atom. The Kier molecular flexibility index (Phi) is 1.96. The number of para-hydroxylation sites is 1. The van der Waals surface area contributed by atoms with Crippen LogP contribution in [0.25, 0.3) is 0 Å². The number of carbonyl (C=O) groups is 1. The van der Waals surface area contributed by atoms with Crippen molar-refractivity contribution in [3.8, 4) is 0 Å². The summed E-state index contributed by atoms with van der Waals surface area (Å²) in [6, 6.07) is 9.86. The zero-order valence-electron chi connectivity index (χ0n) is 8.96. The van der Waals surface area contributed by atoms with Crippen LogP contribution in [0, 0.1) is 5.92 Å². The predicted molar refractivity (Wildman–Crippen MR) is 60.3 cm³/mol. The smallest absolute Gasteiger partial charge is 0.355 e. The molecule has 4 nitrogen and oxygen atoms in total. The van der Waals surface area contributed by atoms with Crippen molar-refractivity contribution in [2.45, 2.75) is 13.0 Å². The van der Waals surface area contributed by atoms with E-state index in [1.54, 1.807) is 0 Å². The first kappa shape index (κ1) is 9.39. The van der Waals surface area contributed by atoms with Crippen molar-refractivity contribution in [3.63, 3.8) is 0 Å². The first-order valence-electron chi connectivity index (χ1n) is 5.38. The number of rotatable bonds is 1. The van der Waals surface area contributed by atoms with E-state index >= 15 is 0 Å². The van der Waals surface area contributed by atoms with Gasteiger partial charge in [-0.3, -0.25) is 5.01 Å². The molecule has 2 aliphatic heterocycles. The minimum Gasteiger partial charge on any atom is -0.457 e. The zero-order chi connectivity index (χ0) is 11.1. The van der Waals surface area contributed by atoms with Gasteiger partial charge in [0.15, 0.2) is 5.71 Å². The van der Waals surface area contributed by atoms with Crippen LogP contribution in [-0.4, -0.2) is 24.3 Å². The van der Waals surface area contributed by atoms with E-state index in [-0.39, 0.29) is 18.0 Å². The lowest BCUT2D eigenvalue weighted by Crippen LogP contribution is -2.24. The first-order valence-corrected chi connectivity index (χ1v) is 5.38. The molecule has 1 aromatic rings. The summed E-state index contributed by atoms with van der Waals surface area (Å²) >= 11 is 0. The van der Waals surface area contributed by atoms with Gasteiger partial charge in [0, 0.05) is 0 Å². The summed E-state index contributed by atoms with van der Waals surface area (Å²) in [5, 5.41) is 6.20. The highest BCUT2D eigenvalue weighted by molar-refractivity contribution is 6.39. The number of cyclic esters (lactones) is 1. The van der Waals surface area contributed by atoms with Crippen molar-refractivity contribution in [3.05, 3.63) is 30.3 Å². The maximum atomic E-state index is 11.5. The SMILES string of the molecule is C[C@@H]1OC(=O)C2=NN(c3ccccc3)C[C@@H]21. The molecule has 0 N–H and O–H groups in total. The van der Waals surface area contributed by atoms with Gasteiger partial charge in [-0.25, -0.2) is 4.79 Å². The molecule has 3 rings (SSSR count). The van der Waals surface area contributed by atoms with Gasteiger partial charge in [0.05, 0.1) is 18.2 Å². The Labute approximate surface area is 93.5 Å². The van der Waals surface area contributed by atoms with Crippen LogP contribution in [0.4, 0.5) is 5.69 Å². The van der Waals surface area contributed by atoms with E-state index in [0.717, 1.165) is 12.2 Å². The predicted octanol–water partition coefficient (Wildman–Crippen LogP) is 1.42. The highest BCUT2D eigenvalue weighted by Crippen LogP contribution is 2.29. The fraction of sp³-hybridized carbons (Fsp3) is 0.333. The number of hydrogen-bond acceptors (Lipinski definition) is 4. The number of hydrazone groups is 1. The van der Waals surface area contributed by atoms with E-state index in [4.69, 9.17) is 4.74 Å². The van der Waals surface area contributed by atoms with Crippen molar-refractivity contribution < 1.29 is 9.53 Å².